The zero-order chi connectivity index (χ0) is 21.7. The van der Waals surface area contributed by atoms with E-state index in [-0.39, 0.29) is 22.9 Å². The Labute approximate surface area is 179 Å². The van der Waals surface area contributed by atoms with Crippen LogP contribution in [-0.2, 0) is 4.79 Å². The average Bonchev–Trinajstić information content (AvgIpc) is 2.72. The molecule has 4 nitrogen and oxygen atoms in total. The van der Waals surface area contributed by atoms with Gasteiger partial charge in [-0.2, -0.15) is 0 Å². The maximum absolute atomic E-state index is 13.0. The lowest BCUT2D eigenvalue weighted by Crippen LogP contribution is -2.23. The highest BCUT2D eigenvalue weighted by atomic mass is 32.2. The number of halogens is 1. The lowest BCUT2D eigenvalue weighted by molar-refractivity contribution is -0.115. The number of benzene rings is 3. The van der Waals surface area contributed by atoms with Gasteiger partial charge in [0.05, 0.1) is 5.25 Å². The van der Waals surface area contributed by atoms with Crippen LogP contribution < -0.4 is 10.6 Å². The Bertz CT molecular complexity index is 1030. The summed E-state index contributed by atoms with van der Waals surface area (Å²) in [6, 6.07) is 18.5. The van der Waals surface area contributed by atoms with Gasteiger partial charge < -0.3 is 10.6 Å². The molecule has 1 atom stereocenters. The van der Waals surface area contributed by atoms with E-state index in [1.807, 2.05) is 51.1 Å². The van der Waals surface area contributed by atoms with Crippen molar-refractivity contribution in [3.8, 4) is 0 Å². The average molecular weight is 423 g/mol. The summed E-state index contributed by atoms with van der Waals surface area (Å²) in [5.41, 5.74) is 3.92. The van der Waals surface area contributed by atoms with E-state index in [0.29, 0.717) is 11.3 Å². The topological polar surface area (TPSA) is 58.2 Å². The van der Waals surface area contributed by atoms with Gasteiger partial charge in [-0.1, -0.05) is 18.2 Å². The molecule has 0 aliphatic carbocycles. The van der Waals surface area contributed by atoms with E-state index in [2.05, 4.69) is 10.6 Å². The largest absolute Gasteiger partial charge is 0.325 e. The molecular formula is C24H23FN2O2S. The summed E-state index contributed by atoms with van der Waals surface area (Å²) >= 11 is 1.44. The molecule has 0 saturated heterocycles. The molecular weight excluding hydrogens is 399 g/mol. The van der Waals surface area contributed by atoms with Crippen molar-refractivity contribution in [2.75, 3.05) is 10.6 Å². The molecule has 1 unspecified atom stereocenters. The first-order chi connectivity index (χ1) is 14.3. The molecule has 0 saturated carbocycles. The monoisotopic (exact) mass is 422 g/mol. The molecule has 0 aromatic heterocycles. The fourth-order valence-electron chi connectivity index (χ4n) is 2.92. The summed E-state index contributed by atoms with van der Waals surface area (Å²) in [5.74, 6) is -0.758. The van der Waals surface area contributed by atoms with E-state index < -0.39 is 0 Å². The van der Waals surface area contributed by atoms with E-state index in [0.717, 1.165) is 21.7 Å². The highest BCUT2D eigenvalue weighted by molar-refractivity contribution is 8.00. The van der Waals surface area contributed by atoms with Gasteiger partial charge in [-0.25, -0.2) is 4.39 Å². The van der Waals surface area contributed by atoms with Crippen molar-refractivity contribution in [2.45, 2.75) is 30.9 Å². The molecule has 3 aromatic rings. The van der Waals surface area contributed by atoms with Crippen molar-refractivity contribution >= 4 is 35.0 Å². The van der Waals surface area contributed by atoms with Crippen LogP contribution in [-0.4, -0.2) is 17.1 Å². The smallest absolute Gasteiger partial charge is 0.255 e. The van der Waals surface area contributed by atoms with Crippen molar-refractivity contribution in [1.29, 1.82) is 0 Å². The number of amides is 2. The number of carbonyl (C=O) groups excluding carboxylic acids is 2. The standard InChI is InChI=1S/C24H23FN2O2S/c1-15-5-4-6-16(2)22(15)27-23(28)17(3)30-21-13-11-20(12-14-21)26-24(29)18-7-9-19(25)10-8-18/h4-14,17H,1-3H3,(H,26,29)(H,27,28). The van der Waals surface area contributed by atoms with E-state index in [1.165, 1.54) is 36.0 Å². The number of thioether (sulfide) groups is 1. The summed E-state index contributed by atoms with van der Waals surface area (Å²) in [4.78, 5) is 25.7. The van der Waals surface area contributed by atoms with Crippen LogP contribution in [0, 0.1) is 19.7 Å². The van der Waals surface area contributed by atoms with Gasteiger partial charge in [-0.05, 0) is 80.4 Å². The Balaban J connectivity index is 1.58. The van der Waals surface area contributed by atoms with E-state index in [4.69, 9.17) is 0 Å². The number of rotatable bonds is 6. The summed E-state index contributed by atoms with van der Waals surface area (Å²) in [6.45, 7) is 5.80. The number of nitrogens with one attached hydrogen (secondary N) is 2. The van der Waals surface area contributed by atoms with Gasteiger partial charge in [0.1, 0.15) is 5.82 Å². The maximum atomic E-state index is 13.0. The molecule has 2 amide bonds. The Morgan fingerprint density at radius 1 is 0.867 bits per heavy atom. The third kappa shape index (κ3) is 5.48. The highest BCUT2D eigenvalue weighted by Crippen LogP contribution is 2.27. The molecule has 154 valence electrons. The molecule has 0 spiro atoms. The first kappa shape index (κ1) is 21.6. The number of carbonyl (C=O) groups is 2. The van der Waals surface area contributed by atoms with E-state index in [1.54, 1.807) is 12.1 Å². The SMILES string of the molecule is Cc1cccc(C)c1NC(=O)C(C)Sc1ccc(NC(=O)c2ccc(F)cc2)cc1. The molecule has 2 N–H and O–H groups in total. The third-order valence-corrected chi connectivity index (χ3v) is 5.74. The highest BCUT2D eigenvalue weighted by Gasteiger charge is 2.16. The van der Waals surface area contributed by atoms with Crippen molar-refractivity contribution in [1.82, 2.24) is 0 Å². The fourth-order valence-corrected chi connectivity index (χ4v) is 3.78. The van der Waals surface area contributed by atoms with Crippen LogP contribution in [0.15, 0.2) is 71.6 Å². The van der Waals surface area contributed by atoms with Gasteiger partial charge in [-0.15, -0.1) is 11.8 Å². The van der Waals surface area contributed by atoms with E-state index >= 15 is 0 Å². The van der Waals surface area contributed by atoms with Gasteiger partial charge in [-0.3, -0.25) is 9.59 Å². The zero-order valence-corrected chi connectivity index (χ0v) is 17.8. The first-order valence-corrected chi connectivity index (χ1v) is 10.4. The Hall–Kier alpha value is -3.12. The van der Waals surface area contributed by atoms with Gasteiger partial charge in [0.15, 0.2) is 0 Å². The molecule has 0 fully saturated rings. The molecule has 0 aliphatic heterocycles. The van der Waals surface area contributed by atoms with Gasteiger partial charge in [0.2, 0.25) is 5.91 Å². The van der Waals surface area contributed by atoms with Gasteiger partial charge >= 0.3 is 0 Å². The zero-order valence-electron chi connectivity index (χ0n) is 17.0. The second-order valence-corrected chi connectivity index (χ2v) is 8.42. The molecule has 6 heteroatoms. The maximum Gasteiger partial charge on any atom is 0.255 e. The predicted molar refractivity (Wildman–Crippen MR) is 121 cm³/mol. The summed E-state index contributed by atoms with van der Waals surface area (Å²) in [7, 11) is 0. The molecule has 3 aromatic carbocycles. The summed E-state index contributed by atoms with van der Waals surface area (Å²) in [5, 5.41) is 5.50. The number of hydrogen-bond donors (Lipinski definition) is 2. The number of hydrogen-bond acceptors (Lipinski definition) is 3. The quantitative estimate of drug-likeness (QED) is 0.493. The summed E-state index contributed by atoms with van der Waals surface area (Å²) < 4.78 is 13.0. The van der Waals surface area contributed by atoms with Crippen LogP contribution >= 0.6 is 11.8 Å². The van der Waals surface area contributed by atoms with Crippen molar-refractivity contribution in [3.05, 3.63) is 89.2 Å². The van der Waals surface area contributed by atoms with Crippen LogP contribution in [0.1, 0.15) is 28.4 Å². The second kappa shape index (κ2) is 9.59. The van der Waals surface area contributed by atoms with Crippen LogP contribution in [0.3, 0.4) is 0 Å². The third-order valence-electron chi connectivity index (χ3n) is 4.63. The molecule has 0 bridgehead atoms. The van der Waals surface area contributed by atoms with Crippen molar-refractivity contribution in [3.63, 3.8) is 0 Å². The molecule has 0 radical (unpaired) electrons. The minimum absolute atomic E-state index is 0.0638. The van der Waals surface area contributed by atoms with Crippen LogP contribution in [0.5, 0.6) is 0 Å². The second-order valence-electron chi connectivity index (χ2n) is 7.00. The fraction of sp³-hybridized carbons (Fsp3) is 0.167. The van der Waals surface area contributed by atoms with Crippen molar-refractivity contribution < 1.29 is 14.0 Å². The molecule has 3 rings (SSSR count). The van der Waals surface area contributed by atoms with E-state index in [9.17, 15) is 14.0 Å². The van der Waals surface area contributed by atoms with Crippen LogP contribution in [0.2, 0.25) is 0 Å². The minimum Gasteiger partial charge on any atom is -0.325 e. The molecule has 30 heavy (non-hydrogen) atoms. The molecule has 0 aliphatic rings. The lowest BCUT2D eigenvalue weighted by atomic mass is 10.1. The Kier molecular flexibility index (Phi) is 6.90. The summed E-state index contributed by atoms with van der Waals surface area (Å²) in [6.07, 6.45) is 0. The Morgan fingerprint density at radius 2 is 1.47 bits per heavy atom. The minimum atomic E-state index is -0.385. The number of para-hydroxylation sites is 1. The number of aryl methyl sites for hydroxylation is 2. The number of anilines is 2. The predicted octanol–water partition coefficient (Wildman–Crippen LogP) is 5.81. The van der Waals surface area contributed by atoms with Crippen LogP contribution in [0.4, 0.5) is 15.8 Å². The lowest BCUT2D eigenvalue weighted by Gasteiger charge is -2.15. The normalized spacial score (nSPS) is 11.6. The van der Waals surface area contributed by atoms with Gasteiger partial charge in [0.25, 0.3) is 5.91 Å². The van der Waals surface area contributed by atoms with Crippen LogP contribution in [0.25, 0.3) is 0 Å². The van der Waals surface area contributed by atoms with Crippen molar-refractivity contribution in [2.24, 2.45) is 0 Å². The molecule has 0 heterocycles. The Morgan fingerprint density at radius 3 is 2.07 bits per heavy atom. The first-order valence-electron chi connectivity index (χ1n) is 9.54. The van der Waals surface area contributed by atoms with Gasteiger partial charge in [0, 0.05) is 21.8 Å².